The zero-order valence-corrected chi connectivity index (χ0v) is 21.8. The van der Waals surface area contributed by atoms with Crippen LogP contribution in [-0.4, -0.2) is 70.3 Å². The molecule has 4 aliphatic rings. The Balaban J connectivity index is 1.33. The van der Waals surface area contributed by atoms with Gasteiger partial charge in [0.25, 0.3) is 0 Å². The summed E-state index contributed by atoms with van der Waals surface area (Å²) in [5.41, 5.74) is 5.70. The van der Waals surface area contributed by atoms with E-state index in [0.717, 1.165) is 64.7 Å². The highest BCUT2D eigenvalue weighted by atomic mass is 35.5. The van der Waals surface area contributed by atoms with Gasteiger partial charge in [0.15, 0.2) is 11.6 Å². The van der Waals surface area contributed by atoms with Crippen LogP contribution in [0.15, 0.2) is 18.3 Å². The van der Waals surface area contributed by atoms with E-state index in [-0.39, 0.29) is 39.0 Å². The van der Waals surface area contributed by atoms with Crippen molar-refractivity contribution in [2.24, 2.45) is 0 Å². The number of halogens is 3. The second kappa shape index (κ2) is 9.14. The van der Waals surface area contributed by atoms with Gasteiger partial charge >= 0.3 is 6.01 Å². The van der Waals surface area contributed by atoms with Gasteiger partial charge in [0.2, 0.25) is 0 Å². The van der Waals surface area contributed by atoms with E-state index in [1.54, 1.807) is 0 Å². The minimum atomic E-state index is -0.816. The number of fused-ring (bicyclic) bond motifs is 4. The molecule has 6 heterocycles. The summed E-state index contributed by atoms with van der Waals surface area (Å²) in [5, 5.41) is 3.92. The third-order valence-corrected chi connectivity index (χ3v) is 9.10. The molecule has 2 atom stereocenters. The molecule has 2 bridgehead atoms. The number of anilines is 2. The molecule has 200 valence electrons. The topological polar surface area (TPSA) is 92.4 Å². The number of rotatable bonds is 5. The highest BCUT2D eigenvalue weighted by Crippen LogP contribution is 2.40. The standard InChI is InChI=1S/C27H30ClF2N7O/c28-18-5-6-19(31)20(21(18)29)24-22(30)23-17(11-32-24)25(36-12-15-3-4-16(13-36)33-15)35-26(34-23)38-14-27-7-1-9-37(27)10-2-8-27/h5-6,11,15-16,33H,1-4,7-10,12-14,31H2. The lowest BCUT2D eigenvalue weighted by Crippen LogP contribution is -2.51. The average molecular weight is 542 g/mol. The molecule has 0 amide bonds. The van der Waals surface area contributed by atoms with Crippen LogP contribution in [0.2, 0.25) is 5.02 Å². The third-order valence-electron chi connectivity index (χ3n) is 8.80. The Hall–Kier alpha value is -2.82. The number of ether oxygens (including phenoxy) is 1. The van der Waals surface area contributed by atoms with Crippen molar-refractivity contribution in [3.05, 3.63) is 35.0 Å². The van der Waals surface area contributed by atoms with Crippen molar-refractivity contribution >= 4 is 34.0 Å². The normalized spacial score (nSPS) is 24.3. The molecule has 0 saturated carbocycles. The first-order chi connectivity index (χ1) is 18.4. The molecule has 3 aromatic rings. The zero-order chi connectivity index (χ0) is 26.0. The van der Waals surface area contributed by atoms with Crippen LogP contribution < -0.4 is 20.7 Å². The molecule has 4 aliphatic heterocycles. The summed E-state index contributed by atoms with van der Waals surface area (Å²) < 4.78 is 37.4. The van der Waals surface area contributed by atoms with Gasteiger partial charge in [0, 0.05) is 37.1 Å². The van der Waals surface area contributed by atoms with E-state index in [4.69, 9.17) is 27.1 Å². The van der Waals surface area contributed by atoms with Crippen LogP contribution in [-0.2, 0) is 0 Å². The number of nitrogens with two attached hydrogens (primary N) is 1. The largest absolute Gasteiger partial charge is 0.461 e. The van der Waals surface area contributed by atoms with Crippen molar-refractivity contribution in [3.8, 4) is 17.3 Å². The summed E-state index contributed by atoms with van der Waals surface area (Å²) in [6, 6.07) is 3.61. The fourth-order valence-electron chi connectivity index (χ4n) is 6.94. The quantitative estimate of drug-likeness (QED) is 0.465. The van der Waals surface area contributed by atoms with E-state index in [0.29, 0.717) is 29.9 Å². The van der Waals surface area contributed by atoms with Crippen molar-refractivity contribution in [1.82, 2.24) is 25.2 Å². The smallest absolute Gasteiger partial charge is 0.319 e. The first-order valence-electron chi connectivity index (χ1n) is 13.4. The molecule has 7 rings (SSSR count). The van der Waals surface area contributed by atoms with Crippen molar-refractivity contribution in [2.45, 2.75) is 56.1 Å². The fourth-order valence-corrected chi connectivity index (χ4v) is 7.10. The Kier molecular flexibility index (Phi) is 5.83. The first-order valence-corrected chi connectivity index (χ1v) is 13.8. The first kappa shape index (κ1) is 24.2. The molecule has 3 N–H and O–H groups in total. The van der Waals surface area contributed by atoms with E-state index in [9.17, 15) is 4.39 Å². The number of pyridine rings is 1. The van der Waals surface area contributed by atoms with Crippen LogP contribution in [0.4, 0.5) is 20.3 Å². The van der Waals surface area contributed by atoms with Gasteiger partial charge in [0.05, 0.1) is 21.5 Å². The van der Waals surface area contributed by atoms with Crippen molar-refractivity contribution < 1.29 is 13.5 Å². The molecule has 2 aromatic heterocycles. The number of nitrogen functional groups attached to an aromatic ring is 1. The Morgan fingerprint density at radius 2 is 1.82 bits per heavy atom. The second-order valence-corrected chi connectivity index (χ2v) is 11.5. The number of nitrogens with one attached hydrogen (secondary N) is 1. The van der Waals surface area contributed by atoms with Crippen molar-refractivity contribution in [2.75, 3.05) is 43.4 Å². The molecule has 0 radical (unpaired) electrons. The van der Waals surface area contributed by atoms with Gasteiger partial charge in [-0.15, -0.1) is 0 Å². The van der Waals surface area contributed by atoms with Gasteiger partial charge in [-0.05, 0) is 63.7 Å². The molecular formula is C27H30ClF2N7O. The van der Waals surface area contributed by atoms with Gasteiger partial charge < -0.3 is 20.7 Å². The van der Waals surface area contributed by atoms with Gasteiger partial charge in [0.1, 0.15) is 23.6 Å². The number of aromatic nitrogens is 3. The van der Waals surface area contributed by atoms with E-state index in [1.807, 2.05) is 0 Å². The number of benzene rings is 1. The fraction of sp³-hybridized carbons (Fsp3) is 0.519. The predicted molar refractivity (Wildman–Crippen MR) is 143 cm³/mol. The third kappa shape index (κ3) is 3.87. The summed E-state index contributed by atoms with van der Waals surface area (Å²) in [6.45, 7) is 4.11. The Labute approximate surface area is 224 Å². The van der Waals surface area contributed by atoms with Crippen LogP contribution in [0.1, 0.15) is 38.5 Å². The van der Waals surface area contributed by atoms with Crippen molar-refractivity contribution in [1.29, 1.82) is 0 Å². The zero-order valence-electron chi connectivity index (χ0n) is 21.0. The highest BCUT2D eigenvalue weighted by molar-refractivity contribution is 6.31. The Morgan fingerprint density at radius 3 is 2.55 bits per heavy atom. The van der Waals surface area contributed by atoms with Gasteiger partial charge in [-0.2, -0.15) is 9.97 Å². The molecular weight excluding hydrogens is 512 g/mol. The van der Waals surface area contributed by atoms with Gasteiger partial charge in [-0.1, -0.05) is 11.6 Å². The van der Waals surface area contributed by atoms with Crippen LogP contribution in [0.3, 0.4) is 0 Å². The minimum absolute atomic E-state index is 0.00700. The maximum atomic E-state index is 16.2. The average Bonchev–Trinajstić information content (AvgIpc) is 3.60. The minimum Gasteiger partial charge on any atom is -0.461 e. The Bertz CT molecular complexity index is 1400. The number of piperazine rings is 1. The van der Waals surface area contributed by atoms with E-state index >= 15 is 4.39 Å². The van der Waals surface area contributed by atoms with Gasteiger partial charge in [-0.3, -0.25) is 9.88 Å². The summed E-state index contributed by atoms with van der Waals surface area (Å²) in [6.07, 6.45) is 8.13. The summed E-state index contributed by atoms with van der Waals surface area (Å²) >= 11 is 6.00. The van der Waals surface area contributed by atoms with Crippen LogP contribution in [0.5, 0.6) is 6.01 Å². The lowest BCUT2D eigenvalue weighted by molar-refractivity contribution is 0.108. The summed E-state index contributed by atoms with van der Waals surface area (Å²) in [7, 11) is 0. The maximum Gasteiger partial charge on any atom is 0.319 e. The highest BCUT2D eigenvalue weighted by Gasteiger charge is 2.45. The summed E-state index contributed by atoms with van der Waals surface area (Å²) in [5.74, 6) is -1.000. The molecule has 0 spiro atoms. The summed E-state index contributed by atoms with van der Waals surface area (Å²) in [4.78, 5) is 18.3. The SMILES string of the molecule is Nc1ccc(Cl)c(F)c1-c1ncc2c(N3CC4CCC(C3)N4)nc(OCC34CCCN3CCC4)nc2c1F. The van der Waals surface area contributed by atoms with Gasteiger partial charge in [-0.25, -0.2) is 8.78 Å². The lowest BCUT2D eigenvalue weighted by atomic mass is 9.95. The van der Waals surface area contributed by atoms with E-state index in [2.05, 4.69) is 25.1 Å². The van der Waals surface area contributed by atoms with E-state index < -0.39 is 11.6 Å². The molecule has 8 nitrogen and oxygen atoms in total. The molecule has 2 unspecified atom stereocenters. The molecule has 4 saturated heterocycles. The van der Waals surface area contributed by atoms with Crippen LogP contribution in [0.25, 0.3) is 22.2 Å². The lowest BCUT2D eigenvalue weighted by Gasteiger charge is -2.34. The molecule has 1 aromatic carbocycles. The molecule has 11 heteroatoms. The molecule has 4 fully saturated rings. The van der Waals surface area contributed by atoms with Crippen LogP contribution in [0, 0.1) is 11.6 Å². The van der Waals surface area contributed by atoms with E-state index in [1.165, 1.54) is 18.3 Å². The maximum absolute atomic E-state index is 16.2. The predicted octanol–water partition coefficient (Wildman–Crippen LogP) is 4.15. The monoisotopic (exact) mass is 541 g/mol. The number of nitrogens with zero attached hydrogens (tertiary/aromatic N) is 5. The number of hydrogen-bond acceptors (Lipinski definition) is 8. The molecule has 38 heavy (non-hydrogen) atoms. The van der Waals surface area contributed by atoms with Crippen LogP contribution >= 0.6 is 11.6 Å². The van der Waals surface area contributed by atoms with Crippen molar-refractivity contribution in [3.63, 3.8) is 0 Å². The number of hydrogen-bond donors (Lipinski definition) is 2. The Morgan fingerprint density at radius 1 is 1.08 bits per heavy atom. The molecule has 0 aliphatic carbocycles. The second-order valence-electron chi connectivity index (χ2n) is 11.1.